The Kier molecular flexibility index (Phi) is 5.78. The summed E-state index contributed by atoms with van der Waals surface area (Å²) in [5.74, 6) is -0.00106. The van der Waals surface area contributed by atoms with E-state index in [-0.39, 0.29) is 18.3 Å². The smallest absolute Gasteiger partial charge is 0.195 e. The quantitative estimate of drug-likeness (QED) is 0.404. The van der Waals surface area contributed by atoms with Gasteiger partial charge in [0.05, 0.1) is 11.7 Å². The van der Waals surface area contributed by atoms with Gasteiger partial charge in [0.25, 0.3) is 0 Å². The van der Waals surface area contributed by atoms with Gasteiger partial charge in [-0.3, -0.25) is 4.79 Å². The van der Waals surface area contributed by atoms with Gasteiger partial charge in [-0.2, -0.15) is 0 Å². The van der Waals surface area contributed by atoms with Crippen molar-refractivity contribution in [3.63, 3.8) is 0 Å². The van der Waals surface area contributed by atoms with Crippen LogP contribution in [0, 0.1) is 0 Å². The Morgan fingerprint density at radius 3 is 2.54 bits per heavy atom. The highest BCUT2D eigenvalue weighted by molar-refractivity contribution is 6.30. The predicted octanol–water partition coefficient (Wildman–Crippen LogP) is 5.30. The van der Waals surface area contributed by atoms with Crippen LogP contribution in [-0.2, 0) is 20.9 Å². The molecule has 1 aliphatic rings. The van der Waals surface area contributed by atoms with E-state index in [1.54, 1.807) is 24.3 Å². The van der Waals surface area contributed by atoms with Crippen molar-refractivity contribution in [2.75, 3.05) is 0 Å². The van der Waals surface area contributed by atoms with Crippen molar-refractivity contribution in [2.24, 2.45) is 0 Å². The van der Waals surface area contributed by atoms with Crippen LogP contribution >= 0.6 is 11.6 Å². The number of fused-ring (bicyclic) bond motifs is 1. The fraction of sp³-hybridized carbons (Fsp3) is 0.381. The van der Waals surface area contributed by atoms with Crippen molar-refractivity contribution in [1.29, 1.82) is 0 Å². The van der Waals surface area contributed by atoms with Gasteiger partial charge in [-0.25, -0.2) is 9.78 Å². The van der Waals surface area contributed by atoms with Gasteiger partial charge in [0.1, 0.15) is 0 Å². The first-order valence-electron chi connectivity index (χ1n) is 8.68. The van der Waals surface area contributed by atoms with Gasteiger partial charge in [0.2, 0.25) is 0 Å². The molecular formula is C21H23ClO4. The van der Waals surface area contributed by atoms with Gasteiger partial charge in [-0.1, -0.05) is 35.9 Å². The highest BCUT2D eigenvalue weighted by Crippen LogP contribution is 2.34. The monoisotopic (exact) mass is 374 g/mol. The maximum Gasteiger partial charge on any atom is 0.195 e. The summed E-state index contributed by atoms with van der Waals surface area (Å²) in [5.41, 5.74) is 2.31. The molecule has 2 aromatic carbocycles. The molecule has 5 heteroatoms. The molecule has 0 saturated heterocycles. The molecule has 0 N–H and O–H groups in total. The van der Waals surface area contributed by atoms with E-state index in [4.69, 9.17) is 26.1 Å². The van der Waals surface area contributed by atoms with Crippen LogP contribution in [0.1, 0.15) is 54.8 Å². The van der Waals surface area contributed by atoms with Gasteiger partial charge >= 0.3 is 0 Å². The topological polar surface area (TPSA) is 44.8 Å². The molecule has 0 spiro atoms. The molecule has 2 aromatic rings. The zero-order chi connectivity index (χ0) is 18.7. The molecule has 0 fully saturated rings. The van der Waals surface area contributed by atoms with Crippen LogP contribution in [0.2, 0.25) is 5.02 Å². The molecule has 3 rings (SSSR count). The van der Waals surface area contributed by atoms with Crippen molar-refractivity contribution in [3.8, 4) is 0 Å². The number of hydrogen-bond acceptors (Lipinski definition) is 4. The standard InChI is InChI=1S/C21H23ClO4/c1-21(2,3)26-25-20-12-15-6-4-5-7-17(15)19(24-20)13-18(23)14-8-10-16(22)11-9-14/h4-11,19-20H,12-13H2,1-3H3/t19-,20+/m1/s1. The summed E-state index contributed by atoms with van der Waals surface area (Å²) in [6.07, 6.45) is -0.116. The molecule has 0 bridgehead atoms. The molecular weight excluding hydrogens is 352 g/mol. The molecule has 2 atom stereocenters. The number of benzene rings is 2. The number of carbonyl (C=O) groups is 1. The Morgan fingerprint density at radius 1 is 1.15 bits per heavy atom. The maximum atomic E-state index is 12.7. The number of rotatable bonds is 5. The van der Waals surface area contributed by atoms with Crippen LogP contribution in [-0.4, -0.2) is 17.7 Å². The van der Waals surface area contributed by atoms with Crippen molar-refractivity contribution < 1.29 is 19.3 Å². The van der Waals surface area contributed by atoms with E-state index >= 15 is 0 Å². The Bertz CT molecular complexity index is 764. The second-order valence-electron chi connectivity index (χ2n) is 7.38. The van der Waals surface area contributed by atoms with E-state index in [2.05, 4.69) is 0 Å². The summed E-state index contributed by atoms with van der Waals surface area (Å²) >= 11 is 5.90. The molecule has 0 aromatic heterocycles. The highest BCUT2D eigenvalue weighted by Gasteiger charge is 2.31. The Labute approximate surface area is 159 Å². The third-order valence-electron chi connectivity index (χ3n) is 4.05. The van der Waals surface area contributed by atoms with E-state index < -0.39 is 11.9 Å². The van der Waals surface area contributed by atoms with E-state index in [1.807, 2.05) is 45.0 Å². The molecule has 0 unspecified atom stereocenters. The molecule has 0 saturated carbocycles. The first-order chi connectivity index (χ1) is 12.3. The average molecular weight is 375 g/mol. The number of Topliss-reactive ketones (excluding diaryl/α,β-unsaturated/α-hetero) is 1. The summed E-state index contributed by atoms with van der Waals surface area (Å²) in [6, 6.07) is 14.9. The summed E-state index contributed by atoms with van der Waals surface area (Å²) in [5, 5.41) is 0.605. The van der Waals surface area contributed by atoms with Gasteiger partial charge in [-0.15, -0.1) is 0 Å². The number of hydrogen-bond donors (Lipinski definition) is 0. The van der Waals surface area contributed by atoms with Crippen LogP contribution in [0.15, 0.2) is 48.5 Å². The highest BCUT2D eigenvalue weighted by atomic mass is 35.5. The normalized spacial score (nSPS) is 19.8. The summed E-state index contributed by atoms with van der Waals surface area (Å²) in [6.45, 7) is 5.72. The fourth-order valence-corrected chi connectivity index (χ4v) is 2.98. The first-order valence-corrected chi connectivity index (χ1v) is 9.06. The lowest BCUT2D eigenvalue weighted by atomic mass is 9.92. The second-order valence-corrected chi connectivity index (χ2v) is 7.82. The summed E-state index contributed by atoms with van der Waals surface area (Å²) in [4.78, 5) is 23.6. The van der Waals surface area contributed by atoms with Crippen LogP contribution in [0.4, 0.5) is 0 Å². The molecule has 1 heterocycles. The van der Waals surface area contributed by atoms with Crippen molar-refractivity contribution in [1.82, 2.24) is 0 Å². The van der Waals surface area contributed by atoms with Gasteiger partial charge in [0.15, 0.2) is 12.1 Å². The zero-order valence-corrected chi connectivity index (χ0v) is 16.0. The molecule has 4 nitrogen and oxygen atoms in total. The molecule has 0 radical (unpaired) electrons. The fourth-order valence-electron chi connectivity index (χ4n) is 2.85. The number of ketones is 1. The molecule has 26 heavy (non-hydrogen) atoms. The first kappa shape index (κ1) is 19.1. The van der Waals surface area contributed by atoms with Crippen molar-refractivity contribution in [2.45, 2.75) is 51.6 Å². The van der Waals surface area contributed by atoms with Gasteiger partial charge in [-0.05, 0) is 56.2 Å². The molecule has 0 aliphatic carbocycles. The van der Waals surface area contributed by atoms with Crippen LogP contribution in [0.5, 0.6) is 0 Å². The van der Waals surface area contributed by atoms with E-state index in [9.17, 15) is 4.79 Å². The number of ether oxygens (including phenoxy) is 1. The number of halogens is 1. The minimum Gasteiger partial charge on any atom is -0.341 e. The van der Waals surface area contributed by atoms with Crippen LogP contribution < -0.4 is 0 Å². The molecule has 0 amide bonds. The van der Waals surface area contributed by atoms with E-state index in [1.165, 1.54) is 0 Å². The van der Waals surface area contributed by atoms with Gasteiger partial charge < -0.3 is 4.74 Å². The van der Waals surface area contributed by atoms with Crippen molar-refractivity contribution in [3.05, 3.63) is 70.2 Å². The third-order valence-corrected chi connectivity index (χ3v) is 4.30. The Balaban J connectivity index is 1.76. The maximum absolute atomic E-state index is 12.7. The predicted molar refractivity (Wildman–Crippen MR) is 100 cm³/mol. The molecule has 1 aliphatic heterocycles. The third kappa shape index (κ3) is 4.92. The lowest BCUT2D eigenvalue weighted by Gasteiger charge is -2.32. The zero-order valence-electron chi connectivity index (χ0n) is 15.2. The second kappa shape index (κ2) is 7.89. The molecule has 138 valence electrons. The van der Waals surface area contributed by atoms with Crippen LogP contribution in [0.3, 0.4) is 0 Å². The minimum atomic E-state index is -0.549. The largest absolute Gasteiger partial charge is 0.341 e. The number of carbonyl (C=O) groups excluding carboxylic acids is 1. The van der Waals surface area contributed by atoms with Crippen LogP contribution in [0.25, 0.3) is 0 Å². The van der Waals surface area contributed by atoms with E-state index in [0.717, 1.165) is 11.1 Å². The Hall–Kier alpha value is -1.72. The summed E-state index contributed by atoms with van der Waals surface area (Å²) in [7, 11) is 0. The average Bonchev–Trinajstić information content (AvgIpc) is 2.60. The van der Waals surface area contributed by atoms with Crippen molar-refractivity contribution >= 4 is 17.4 Å². The lowest BCUT2D eigenvalue weighted by Crippen LogP contribution is -2.32. The van der Waals surface area contributed by atoms with E-state index in [0.29, 0.717) is 17.0 Å². The lowest BCUT2D eigenvalue weighted by molar-refractivity contribution is -0.422. The summed E-state index contributed by atoms with van der Waals surface area (Å²) < 4.78 is 6.03. The minimum absolute atomic E-state index is 0.00106. The van der Waals surface area contributed by atoms with Gasteiger partial charge in [0, 0.05) is 23.4 Å². The SMILES string of the molecule is CC(C)(C)OO[C@H]1Cc2ccccc2[C@@H](CC(=O)c2ccc(Cl)cc2)O1. The Morgan fingerprint density at radius 2 is 1.85 bits per heavy atom.